The zero-order valence-corrected chi connectivity index (χ0v) is 20.7. The van der Waals surface area contributed by atoms with Gasteiger partial charge >= 0.3 is 0 Å². The number of carbonyl (C=O) groups is 2. The maximum atomic E-state index is 13.0. The summed E-state index contributed by atoms with van der Waals surface area (Å²) in [6.07, 6.45) is 4.09. The third-order valence-corrected chi connectivity index (χ3v) is 6.60. The van der Waals surface area contributed by atoms with E-state index in [0.717, 1.165) is 54.4 Å². The van der Waals surface area contributed by atoms with Crippen LogP contribution < -0.4 is 15.0 Å². The molecule has 7 heteroatoms. The van der Waals surface area contributed by atoms with Crippen LogP contribution >= 0.6 is 11.8 Å². The van der Waals surface area contributed by atoms with Crippen molar-refractivity contribution in [1.29, 1.82) is 0 Å². The molecule has 33 heavy (non-hydrogen) atoms. The molecule has 6 nitrogen and oxygen atoms in total. The number of nitrogens with zero attached hydrogens (tertiary/aromatic N) is 2. The number of carbonyl (C=O) groups excluding carboxylic acids is 2. The van der Waals surface area contributed by atoms with E-state index in [4.69, 9.17) is 4.74 Å². The quantitative estimate of drug-likeness (QED) is 0.515. The van der Waals surface area contributed by atoms with Gasteiger partial charge in [-0.25, -0.2) is 0 Å². The third-order valence-electron chi connectivity index (χ3n) is 5.52. The molecule has 2 aromatic rings. The van der Waals surface area contributed by atoms with Gasteiger partial charge in [0.25, 0.3) is 11.8 Å². The second kappa shape index (κ2) is 11.9. The number of amides is 2. The molecule has 1 N–H and O–H groups in total. The Kier molecular flexibility index (Phi) is 8.97. The number of ether oxygens (including phenoxy) is 1. The number of nitrogens with one attached hydrogen (secondary N) is 1. The molecule has 0 aliphatic carbocycles. The highest BCUT2D eigenvalue weighted by Gasteiger charge is 2.27. The first-order valence-corrected chi connectivity index (χ1v) is 12.2. The van der Waals surface area contributed by atoms with Gasteiger partial charge in [-0.2, -0.15) is 0 Å². The van der Waals surface area contributed by atoms with Crippen LogP contribution in [-0.4, -0.2) is 57.1 Å². The molecule has 0 spiro atoms. The predicted molar refractivity (Wildman–Crippen MR) is 136 cm³/mol. The van der Waals surface area contributed by atoms with E-state index in [9.17, 15) is 9.59 Å². The van der Waals surface area contributed by atoms with Crippen molar-refractivity contribution in [3.63, 3.8) is 0 Å². The highest BCUT2D eigenvalue weighted by Crippen LogP contribution is 2.42. The van der Waals surface area contributed by atoms with Crippen LogP contribution in [0.2, 0.25) is 0 Å². The summed E-state index contributed by atoms with van der Waals surface area (Å²) >= 11 is 1.43. The summed E-state index contributed by atoms with van der Waals surface area (Å²) in [5.41, 5.74) is 2.25. The fraction of sp³-hybridized carbons (Fsp3) is 0.385. The molecule has 1 aliphatic heterocycles. The Balaban J connectivity index is 1.69. The van der Waals surface area contributed by atoms with Gasteiger partial charge < -0.3 is 19.9 Å². The number of hydrogen-bond donors (Lipinski definition) is 1. The van der Waals surface area contributed by atoms with Crippen LogP contribution in [0.25, 0.3) is 6.08 Å². The Labute approximate surface area is 201 Å². The molecule has 0 bridgehead atoms. The number of anilines is 1. The minimum absolute atomic E-state index is 0.0874. The predicted octanol–water partition coefficient (Wildman–Crippen LogP) is 4.66. The standard InChI is InChI=1S/C26H33N3O3S/c1-5-14-29(15-6-2)16-13-27-25(30)20-9-12-23-22(18-20)28(3)26(31)24(33-23)17-19-7-10-21(32-4)11-8-19/h7-12,17-18H,5-6,13-16H2,1-4H3,(H,27,30). The first-order chi connectivity index (χ1) is 16.0. The van der Waals surface area contributed by atoms with Crippen molar-refractivity contribution < 1.29 is 14.3 Å². The Bertz CT molecular complexity index is 998. The minimum atomic E-state index is -0.115. The van der Waals surface area contributed by atoms with Gasteiger partial charge in [0.05, 0.1) is 17.7 Å². The molecule has 1 aliphatic rings. The molecule has 2 amide bonds. The molecule has 0 unspecified atom stereocenters. The van der Waals surface area contributed by atoms with Crippen molar-refractivity contribution in [2.24, 2.45) is 0 Å². The molecule has 0 fully saturated rings. The fourth-order valence-electron chi connectivity index (χ4n) is 3.78. The van der Waals surface area contributed by atoms with Crippen LogP contribution in [0, 0.1) is 0 Å². The van der Waals surface area contributed by atoms with Gasteiger partial charge in [-0.15, -0.1) is 0 Å². The van der Waals surface area contributed by atoms with Gasteiger partial charge in [-0.05, 0) is 67.9 Å². The maximum absolute atomic E-state index is 13.0. The number of hydrogen-bond acceptors (Lipinski definition) is 5. The van der Waals surface area contributed by atoms with E-state index < -0.39 is 0 Å². The molecule has 2 aromatic carbocycles. The summed E-state index contributed by atoms with van der Waals surface area (Å²) in [6.45, 7) is 7.86. The molecular weight excluding hydrogens is 434 g/mol. The number of fused-ring (bicyclic) bond motifs is 1. The average Bonchev–Trinajstić information content (AvgIpc) is 2.83. The lowest BCUT2D eigenvalue weighted by molar-refractivity contribution is -0.114. The lowest BCUT2D eigenvalue weighted by Crippen LogP contribution is -2.36. The Morgan fingerprint density at radius 1 is 1.09 bits per heavy atom. The SMILES string of the molecule is CCCN(CCC)CCNC(=O)c1ccc2c(c1)N(C)C(=O)C(=Cc1ccc(OC)cc1)S2. The molecular formula is C26H33N3O3S. The summed E-state index contributed by atoms with van der Waals surface area (Å²) in [6, 6.07) is 13.1. The van der Waals surface area contributed by atoms with E-state index in [2.05, 4.69) is 24.1 Å². The van der Waals surface area contributed by atoms with Crippen molar-refractivity contribution in [2.75, 3.05) is 45.2 Å². The highest BCUT2D eigenvalue weighted by molar-refractivity contribution is 8.04. The molecule has 0 aromatic heterocycles. The summed E-state index contributed by atoms with van der Waals surface area (Å²) in [7, 11) is 3.37. The van der Waals surface area contributed by atoms with Crippen LogP contribution in [0.1, 0.15) is 42.6 Å². The minimum Gasteiger partial charge on any atom is -0.497 e. The van der Waals surface area contributed by atoms with Crippen molar-refractivity contribution in [2.45, 2.75) is 31.6 Å². The third kappa shape index (κ3) is 6.39. The van der Waals surface area contributed by atoms with E-state index in [1.165, 1.54) is 11.8 Å². The number of likely N-dealkylation sites (N-methyl/N-ethyl adjacent to an activating group) is 1. The van der Waals surface area contributed by atoms with Crippen molar-refractivity contribution in [3.05, 3.63) is 58.5 Å². The van der Waals surface area contributed by atoms with Crippen molar-refractivity contribution in [3.8, 4) is 5.75 Å². The number of methoxy groups -OCH3 is 1. The Morgan fingerprint density at radius 2 is 1.79 bits per heavy atom. The van der Waals surface area contributed by atoms with Crippen LogP contribution in [0.15, 0.2) is 52.3 Å². The number of benzene rings is 2. The monoisotopic (exact) mass is 467 g/mol. The number of thioether (sulfide) groups is 1. The summed E-state index contributed by atoms with van der Waals surface area (Å²) in [5, 5.41) is 3.02. The van der Waals surface area contributed by atoms with Crippen LogP contribution in [0.5, 0.6) is 5.75 Å². The Hall–Kier alpha value is -2.77. The van der Waals surface area contributed by atoms with Gasteiger partial charge in [0.15, 0.2) is 0 Å². The van der Waals surface area contributed by atoms with E-state index in [1.807, 2.05) is 42.5 Å². The topological polar surface area (TPSA) is 61.9 Å². The Morgan fingerprint density at radius 3 is 2.42 bits per heavy atom. The van der Waals surface area contributed by atoms with Gasteiger partial charge in [-0.3, -0.25) is 9.59 Å². The zero-order chi connectivity index (χ0) is 23.8. The van der Waals surface area contributed by atoms with E-state index in [1.54, 1.807) is 25.1 Å². The molecule has 1 heterocycles. The molecule has 176 valence electrons. The van der Waals surface area contributed by atoms with Crippen molar-refractivity contribution in [1.82, 2.24) is 10.2 Å². The first kappa shape index (κ1) is 24.9. The summed E-state index contributed by atoms with van der Waals surface area (Å²) < 4.78 is 5.20. The lowest BCUT2D eigenvalue weighted by Gasteiger charge is -2.27. The van der Waals surface area contributed by atoms with Gasteiger partial charge in [-0.1, -0.05) is 37.7 Å². The van der Waals surface area contributed by atoms with Gasteiger partial charge in [0, 0.05) is 30.6 Å². The fourth-order valence-corrected chi connectivity index (χ4v) is 4.88. The summed E-state index contributed by atoms with van der Waals surface area (Å²) in [4.78, 5) is 31.3. The van der Waals surface area contributed by atoms with E-state index in [0.29, 0.717) is 17.0 Å². The molecule has 0 saturated heterocycles. The molecule has 3 rings (SSSR count). The van der Waals surface area contributed by atoms with Crippen LogP contribution in [0.3, 0.4) is 0 Å². The van der Waals surface area contributed by atoms with Crippen LogP contribution in [0.4, 0.5) is 5.69 Å². The molecule has 0 atom stereocenters. The largest absolute Gasteiger partial charge is 0.497 e. The normalized spacial score (nSPS) is 14.5. The molecule has 0 radical (unpaired) electrons. The average molecular weight is 468 g/mol. The van der Waals surface area contributed by atoms with Gasteiger partial charge in [0.1, 0.15) is 5.75 Å². The second-order valence-corrected chi connectivity index (χ2v) is 9.11. The van der Waals surface area contributed by atoms with E-state index >= 15 is 0 Å². The van der Waals surface area contributed by atoms with E-state index in [-0.39, 0.29) is 11.8 Å². The maximum Gasteiger partial charge on any atom is 0.264 e. The zero-order valence-electron chi connectivity index (χ0n) is 19.9. The number of rotatable bonds is 10. The summed E-state index contributed by atoms with van der Waals surface area (Å²) in [5.74, 6) is 0.572. The van der Waals surface area contributed by atoms with Crippen LogP contribution in [-0.2, 0) is 4.79 Å². The second-order valence-electron chi connectivity index (χ2n) is 8.03. The first-order valence-electron chi connectivity index (χ1n) is 11.4. The van der Waals surface area contributed by atoms with Crippen molar-refractivity contribution >= 4 is 35.3 Å². The highest BCUT2D eigenvalue weighted by atomic mass is 32.2. The van der Waals surface area contributed by atoms with Gasteiger partial charge in [0.2, 0.25) is 0 Å². The molecule has 0 saturated carbocycles. The smallest absolute Gasteiger partial charge is 0.264 e. The lowest BCUT2D eigenvalue weighted by atomic mass is 10.1.